The lowest BCUT2D eigenvalue weighted by Gasteiger charge is -2.07. The number of nitrogens with one attached hydrogen (secondary N) is 2. The Morgan fingerprint density at radius 2 is 2.00 bits per heavy atom. The molecule has 0 atom stereocenters. The van der Waals surface area contributed by atoms with E-state index in [-0.39, 0.29) is 12.1 Å². The molecule has 0 bridgehead atoms. The highest BCUT2D eigenvalue weighted by molar-refractivity contribution is 6.03. The quantitative estimate of drug-likeness (QED) is 0.693. The van der Waals surface area contributed by atoms with Gasteiger partial charge in [-0.3, -0.25) is 9.59 Å². The zero-order valence-corrected chi connectivity index (χ0v) is 12.6. The van der Waals surface area contributed by atoms with E-state index in [2.05, 4.69) is 10.3 Å². The lowest BCUT2D eigenvalue weighted by atomic mass is 10.1. The molecule has 0 fully saturated rings. The summed E-state index contributed by atoms with van der Waals surface area (Å²) < 4.78 is 10.1. The van der Waals surface area contributed by atoms with Crippen LogP contribution in [0.25, 0.3) is 10.9 Å². The molecule has 1 aromatic carbocycles. The van der Waals surface area contributed by atoms with Gasteiger partial charge in [0.2, 0.25) is 5.56 Å². The first kappa shape index (κ1) is 15.5. The highest BCUT2D eigenvalue weighted by Crippen LogP contribution is 2.15. The minimum absolute atomic E-state index is 0.119. The third-order valence-electron chi connectivity index (χ3n) is 3.34. The summed E-state index contributed by atoms with van der Waals surface area (Å²) in [5, 5.41) is 3.12. The van der Waals surface area contributed by atoms with Gasteiger partial charge in [-0.1, -0.05) is 18.2 Å². The fraction of sp³-hybridized carbons (Fsp3) is 0.118. The molecule has 7 nitrogen and oxygen atoms in total. The Kier molecular flexibility index (Phi) is 4.42. The van der Waals surface area contributed by atoms with Gasteiger partial charge in [-0.15, -0.1) is 0 Å². The molecule has 2 aromatic heterocycles. The smallest absolute Gasteiger partial charge is 0.339 e. The van der Waals surface area contributed by atoms with E-state index < -0.39 is 24.0 Å². The molecule has 24 heavy (non-hydrogen) atoms. The predicted molar refractivity (Wildman–Crippen MR) is 85.4 cm³/mol. The lowest BCUT2D eigenvalue weighted by molar-refractivity contribution is -0.124. The van der Waals surface area contributed by atoms with E-state index in [0.717, 1.165) is 6.07 Å². The number of H-pyrrole nitrogens is 1. The summed E-state index contributed by atoms with van der Waals surface area (Å²) in [5.41, 5.74) is 0.232. The Bertz CT molecular complexity index is 928. The van der Waals surface area contributed by atoms with Gasteiger partial charge >= 0.3 is 5.97 Å². The van der Waals surface area contributed by atoms with Gasteiger partial charge in [0.05, 0.1) is 18.4 Å². The second-order valence-electron chi connectivity index (χ2n) is 5.03. The van der Waals surface area contributed by atoms with Crippen LogP contribution >= 0.6 is 0 Å². The second-order valence-corrected chi connectivity index (χ2v) is 5.03. The van der Waals surface area contributed by atoms with Gasteiger partial charge in [-0.25, -0.2) is 4.79 Å². The average molecular weight is 326 g/mol. The van der Waals surface area contributed by atoms with Crippen molar-refractivity contribution < 1.29 is 18.7 Å². The molecule has 0 aliphatic carbocycles. The van der Waals surface area contributed by atoms with Gasteiger partial charge in [0.15, 0.2) is 6.61 Å². The number of pyridine rings is 1. The summed E-state index contributed by atoms with van der Waals surface area (Å²) in [6, 6.07) is 11.4. The van der Waals surface area contributed by atoms with Crippen LogP contribution in [0.1, 0.15) is 16.1 Å². The molecule has 0 radical (unpaired) electrons. The number of aromatic nitrogens is 1. The standard InChI is InChI=1S/C17H14N2O5/c20-15-8-13(12-5-1-2-6-14(12)19-15)17(22)24-10-16(21)18-9-11-4-3-7-23-11/h1-8H,9-10H2,(H,18,21)(H,19,20). The zero-order chi connectivity index (χ0) is 16.9. The fourth-order valence-corrected chi connectivity index (χ4v) is 2.23. The van der Waals surface area contributed by atoms with Gasteiger partial charge in [0, 0.05) is 17.0 Å². The van der Waals surface area contributed by atoms with Crippen LogP contribution in [0.4, 0.5) is 0 Å². The predicted octanol–water partition coefficient (Wildman–Crippen LogP) is 1.59. The maximum absolute atomic E-state index is 12.2. The first-order valence-corrected chi connectivity index (χ1v) is 7.22. The minimum atomic E-state index is -0.731. The van der Waals surface area contributed by atoms with Gasteiger partial charge in [0.25, 0.3) is 5.91 Å². The third kappa shape index (κ3) is 3.52. The van der Waals surface area contributed by atoms with Crippen LogP contribution in [0.5, 0.6) is 0 Å². The van der Waals surface area contributed by atoms with Crippen LogP contribution in [0, 0.1) is 0 Å². The van der Waals surface area contributed by atoms with Gasteiger partial charge in [0.1, 0.15) is 5.76 Å². The van der Waals surface area contributed by atoms with E-state index in [1.807, 2.05) is 0 Å². The molecule has 3 aromatic rings. The number of carbonyl (C=O) groups is 2. The summed E-state index contributed by atoms with van der Waals surface area (Å²) in [6.07, 6.45) is 1.50. The number of hydrogen-bond acceptors (Lipinski definition) is 5. The number of aromatic amines is 1. The van der Waals surface area contributed by atoms with Gasteiger partial charge in [-0.2, -0.15) is 0 Å². The minimum Gasteiger partial charge on any atom is -0.467 e. The number of carbonyl (C=O) groups excluding carboxylic acids is 2. The van der Waals surface area contributed by atoms with Crippen molar-refractivity contribution in [2.24, 2.45) is 0 Å². The largest absolute Gasteiger partial charge is 0.467 e. The molecule has 2 N–H and O–H groups in total. The Morgan fingerprint density at radius 3 is 2.79 bits per heavy atom. The number of fused-ring (bicyclic) bond motifs is 1. The summed E-state index contributed by atoms with van der Waals surface area (Å²) in [4.78, 5) is 38.1. The molecule has 1 amide bonds. The van der Waals surface area contributed by atoms with Crippen LogP contribution in [-0.4, -0.2) is 23.5 Å². The highest BCUT2D eigenvalue weighted by atomic mass is 16.5. The average Bonchev–Trinajstić information content (AvgIpc) is 3.10. The van der Waals surface area contributed by atoms with E-state index in [1.54, 1.807) is 36.4 Å². The normalized spacial score (nSPS) is 10.5. The Morgan fingerprint density at radius 1 is 1.17 bits per heavy atom. The maximum atomic E-state index is 12.2. The van der Waals surface area contributed by atoms with Crippen molar-refractivity contribution in [3.8, 4) is 0 Å². The highest BCUT2D eigenvalue weighted by Gasteiger charge is 2.14. The number of ether oxygens (including phenoxy) is 1. The Labute approximate surface area is 136 Å². The summed E-state index contributed by atoms with van der Waals surface area (Å²) in [6.45, 7) is -0.238. The first-order valence-electron chi connectivity index (χ1n) is 7.22. The summed E-state index contributed by atoms with van der Waals surface area (Å²) in [7, 11) is 0. The molecule has 2 heterocycles. The van der Waals surface area contributed by atoms with E-state index in [9.17, 15) is 14.4 Å². The molecule has 122 valence electrons. The molecular weight excluding hydrogens is 312 g/mol. The monoisotopic (exact) mass is 326 g/mol. The third-order valence-corrected chi connectivity index (χ3v) is 3.34. The van der Waals surface area contributed by atoms with E-state index in [0.29, 0.717) is 16.7 Å². The number of furan rings is 1. The number of hydrogen-bond donors (Lipinski definition) is 2. The molecule has 3 rings (SSSR count). The van der Waals surface area contributed by atoms with Crippen molar-refractivity contribution in [3.05, 3.63) is 70.4 Å². The number of para-hydroxylation sites is 1. The van der Waals surface area contributed by atoms with E-state index >= 15 is 0 Å². The van der Waals surface area contributed by atoms with Crippen LogP contribution in [0.2, 0.25) is 0 Å². The van der Waals surface area contributed by atoms with Crippen molar-refractivity contribution in [2.45, 2.75) is 6.54 Å². The molecule has 0 saturated heterocycles. The van der Waals surface area contributed by atoms with Crippen LogP contribution in [0.15, 0.2) is 57.9 Å². The van der Waals surface area contributed by atoms with Crippen LogP contribution in [0.3, 0.4) is 0 Å². The van der Waals surface area contributed by atoms with Crippen molar-refractivity contribution in [1.82, 2.24) is 10.3 Å². The van der Waals surface area contributed by atoms with Crippen molar-refractivity contribution >= 4 is 22.8 Å². The molecule has 7 heteroatoms. The summed E-state index contributed by atoms with van der Waals surface area (Å²) in [5.74, 6) is -0.602. The molecule has 0 aliphatic rings. The number of esters is 1. The number of rotatable bonds is 5. The topological polar surface area (TPSA) is 101 Å². The summed E-state index contributed by atoms with van der Waals surface area (Å²) >= 11 is 0. The SMILES string of the molecule is O=C(COC(=O)c1cc(=O)[nH]c2ccccc12)NCc1ccco1. The Hall–Kier alpha value is -3.35. The first-order chi connectivity index (χ1) is 11.6. The maximum Gasteiger partial charge on any atom is 0.339 e. The van der Waals surface area contributed by atoms with Gasteiger partial charge < -0.3 is 19.5 Å². The molecule has 0 saturated carbocycles. The van der Waals surface area contributed by atoms with Crippen LogP contribution in [-0.2, 0) is 16.1 Å². The van der Waals surface area contributed by atoms with Crippen molar-refractivity contribution in [1.29, 1.82) is 0 Å². The fourth-order valence-electron chi connectivity index (χ4n) is 2.23. The van der Waals surface area contributed by atoms with Crippen LogP contribution < -0.4 is 10.9 Å². The second kappa shape index (κ2) is 6.82. The molecule has 0 unspecified atom stereocenters. The molecule has 0 spiro atoms. The lowest BCUT2D eigenvalue weighted by Crippen LogP contribution is -2.28. The van der Waals surface area contributed by atoms with Gasteiger partial charge in [-0.05, 0) is 18.2 Å². The zero-order valence-electron chi connectivity index (χ0n) is 12.6. The molecule has 0 aliphatic heterocycles. The molecular formula is C17H14N2O5. The number of amides is 1. The van der Waals surface area contributed by atoms with E-state index in [1.165, 1.54) is 6.26 Å². The van der Waals surface area contributed by atoms with E-state index in [4.69, 9.17) is 9.15 Å². The Balaban J connectivity index is 1.65. The number of benzene rings is 1. The van der Waals surface area contributed by atoms with Crippen molar-refractivity contribution in [3.63, 3.8) is 0 Å². The van der Waals surface area contributed by atoms with Crippen molar-refractivity contribution in [2.75, 3.05) is 6.61 Å².